The number of hydrogen-bond acceptors (Lipinski definition) is 10. The van der Waals surface area contributed by atoms with Crippen molar-refractivity contribution in [2.24, 2.45) is 11.3 Å². The molecule has 5 atom stereocenters. The minimum absolute atomic E-state index is 0.0205. The van der Waals surface area contributed by atoms with Gasteiger partial charge in [0, 0.05) is 23.9 Å². The van der Waals surface area contributed by atoms with Crippen LogP contribution in [0, 0.1) is 11.3 Å². The highest BCUT2D eigenvalue weighted by Gasteiger charge is 2.62. The monoisotopic (exact) mass is 681 g/mol. The second-order valence-corrected chi connectivity index (χ2v) is 15.7. The van der Waals surface area contributed by atoms with E-state index in [-0.39, 0.29) is 31.9 Å². The van der Waals surface area contributed by atoms with E-state index < -0.39 is 74.1 Å². The number of nitrogens with zero attached hydrogens (tertiary/aromatic N) is 2. The van der Waals surface area contributed by atoms with Gasteiger partial charge in [-0.1, -0.05) is 32.9 Å². The number of fused-ring (bicyclic) bond motifs is 3. The van der Waals surface area contributed by atoms with Crippen molar-refractivity contribution in [3.63, 3.8) is 0 Å². The van der Waals surface area contributed by atoms with E-state index in [1.54, 1.807) is 39.1 Å². The lowest BCUT2D eigenvalue weighted by atomic mass is 9.85. The molecule has 14 nitrogen and oxygen atoms in total. The average Bonchev–Trinajstić information content (AvgIpc) is 3.95. The van der Waals surface area contributed by atoms with Gasteiger partial charge >= 0.3 is 6.09 Å². The molecule has 2 aliphatic heterocycles. The molecule has 15 heteroatoms. The van der Waals surface area contributed by atoms with Crippen molar-refractivity contribution in [3.8, 4) is 11.6 Å². The molecule has 0 radical (unpaired) electrons. The second-order valence-electron chi connectivity index (χ2n) is 13.7. The highest BCUT2D eigenvalue weighted by Crippen LogP contribution is 2.45. The Kier molecular flexibility index (Phi) is 8.60. The minimum Gasteiger partial charge on any atom is -0.489 e. The Hall–Kier alpha value is -4.66. The van der Waals surface area contributed by atoms with Crippen molar-refractivity contribution in [2.45, 2.75) is 75.4 Å². The Morgan fingerprint density at radius 3 is 2.65 bits per heavy atom. The van der Waals surface area contributed by atoms with Crippen LogP contribution in [0.5, 0.6) is 11.6 Å². The molecule has 6 rings (SSSR count). The molecule has 2 saturated carbocycles. The second kappa shape index (κ2) is 12.4. The maximum absolute atomic E-state index is 14.3. The predicted octanol–water partition coefficient (Wildman–Crippen LogP) is 2.30. The molecule has 3 fully saturated rings. The molecule has 3 N–H and O–H groups in total. The fraction of sp³-hybridized carbons (Fsp3) is 0.485. The topological polar surface area (TPSA) is 182 Å². The van der Waals surface area contributed by atoms with Crippen LogP contribution in [0.1, 0.15) is 46.5 Å². The van der Waals surface area contributed by atoms with Gasteiger partial charge in [-0.15, -0.1) is 6.58 Å². The summed E-state index contributed by atoms with van der Waals surface area (Å²) in [5, 5.41) is 6.22. The summed E-state index contributed by atoms with van der Waals surface area (Å²) in [5.74, 6) is -1.82. The SMILES string of the molecule is C=CC1CC1(NC(=O)C1CC2CN1C(=O)C(C(C)(C)C)NC(=O)O/C=C/COc1ccc3ccnc(c3c1)O2)C(=O)NS(=O)(=O)C1CC1. The molecular weight excluding hydrogens is 642 g/mol. The molecule has 3 heterocycles. The Labute approximate surface area is 278 Å². The summed E-state index contributed by atoms with van der Waals surface area (Å²) in [6, 6.07) is 4.92. The maximum Gasteiger partial charge on any atom is 0.412 e. The highest BCUT2D eigenvalue weighted by molar-refractivity contribution is 7.91. The molecule has 5 unspecified atom stereocenters. The van der Waals surface area contributed by atoms with Crippen molar-refractivity contribution < 1.29 is 41.8 Å². The summed E-state index contributed by atoms with van der Waals surface area (Å²) in [6.07, 6.45) is 5.23. The summed E-state index contributed by atoms with van der Waals surface area (Å²) < 4.78 is 44.7. The number of cyclic esters (lactones) is 1. The smallest absolute Gasteiger partial charge is 0.412 e. The summed E-state index contributed by atoms with van der Waals surface area (Å²) in [5.41, 5.74) is -2.37. The van der Waals surface area contributed by atoms with Gasteiger partial charge in [0.05, 0.1) is 18.1 Å². The largest absolute Gasteiger partial charge is 0.489 e. The number of carbonyl (C=O) groups is 4. The first-order valence-electron chi connectivity index (χ1n) is 15.8. The van der Waals surface area contributed by atoms with Crippen molar-refractivity contribution in [2.75, 3.05) is 13.2 Å². The molecule has 4 aliphatic rings. The van der Waals surface area contributed by atoms with Crippen molar-refractivity contribution >= 4 is 44.6 Å². The Morgan fingerprint density at radius 1 is 1.19 bits per heavy atom. The number of carbonyl (C=O) groups excluding carboxylic acids is 4. The van der Waals surface area contributed by atoms with Gasteiger partial charge in [-0.25, -0.2) is 18.2 Å². The van der Waals surface area contributed by atoms with Crippen LogP contribution < -0.4 is 24.8 Å². The summed E-state index contributed by atoms with van der Waals surface area (Å²) in [7, 11) is -3.89. The molecular formula is C33H39N5O9S. The Morgan fingerprint density at radius 2 is 1.96 bits per heavy atom. The number of hydrogen-bond donors (Lipinski definition) is 3. The molecule has 4 bridgehead atoms. The van der Waals surface area contributed by atoms with Gasteiger partial charge in [-0.05, 0) is 54.3 Å². The van der Waals surface area contributed by atoms with E-state index in [1.165, 1.54) is 17.1 Å². The molecule has 1 aromatic heterocycles. The number of alkyl carbamates (subject to hydrolysis) is 1. The third-order valence-corrected chi connectivity index (χ3v) is 10.9. The fourth-order valence-corrected chi connectivity index (χ4v) is 7.48. The van der Waals surface area contributed by atoms with E-state index in [2.05, 4.69) is 26.9 Å². The van der Waals surface area contributed by atoms with Crippen LogP contribution in [0.25, 0.3) is 10.8 Å². The fourth-order valence-electron chi connectivity index (χ4n) is 6.12. The highest BCUT2D eigenvalue weighted by atomic mass is 32.2. The summed E-state index contributed by atoms with van der Waals surface area (Å²) in [6.45, 7) is 9.08. The molecule has 1 aromatic carbocycles. The van der Waals surface area contributed by atoms with E-state index in [4.69, 9.17) is 14.2 Å². The van der Waals surface area contributed by atoms with Crippen molar-refractivity contribution in [1.82, 2.24) is 25.2 Å². The van der Waals surface area contributed by atoms with E-state index in [9.17, 15) is 27.6 Å². The Bertz CT molecular complexity index is 1800. The molecule has 2 aromatic rings. The third-order valence-electron chi connectivity index (χ3n) is 9.07. The normalized spacial score (nSPS) is 28.3. The molecule has 4 amide bonds. The van der Waals surface area contributed by atoms with Crippen LogP contribution in [0.2, 0.25) is 0 Å². The minimum atomic E-state index is -3.89. The van der Waals surface area contributed by atoms with Crippen LogP contribution in [-0.4, -0.2) is 84.2 Å². The number of aromatic nitrogens is 1. The zero-order valence-corrected chi connectivity index (χ0v) is 27.7. The first kappa shape index (κ1) is 33.2. The lowest BCUT2D eigenvalue weighted by Gasteiger charge is -2.35. The number of ether oxygens (including phenoxy) is 3. The van der Waals surface area contributed by atoms with E-state index in [1.807, 2.05) is 12.1 Å². The lowest BCUT2D eigenvalue weighted by molar-refractivity contribution is -0.142. The van der Waals surface area contributed by atoms with Gasteiger partial charge in [0.1, 0.15) is 36.1 Å². The van der Waals surface area contributed by atoms with Crippen molar-refractivity contribution in [1.29, 1.82) is 0 Å². The Balaban J connectivity index is 1.33. The zero-order chi connectivity index (χ0) is 34.4. The molecule has 48 heavy (non-hydrogen) atoms. The molecule has 0 spiro atoms. The standard InChI is InChI=1S/C33H39N5O9S/c1-5-20-17-33(20,30(41)37-48(43,44)23-9-10-23)36-27(39)25-16-22-18-38(25)29(40)26(32(2,3)4)35-31(42)46-14-6-13-45-21-8-7-19-11-12-34-28(47-22)24(19)15-21/h5-8,11-12,14-15,20,22-23,25-26H,1,9-10,13,16-18H2,2-4H3,(H,35,42)(H,36,39)(H,37,41)/b14-6+. The van der Waals surface area contributed by atoms with Gasteiger partial charge in [0.15, 0.2) is 0 Å². The van der Waals surface area contributed by atoms with Crippen LogP contribution in [0.15, 0.2) is 55.5 Å². The van der Waals surface area contributed by atoms with Gasteiger partial charge in [-0.2, -0.15) is 0 Å². The quantitative estimate of drug-likeness (QED) is 0.383. The van der Waals surface area contributed by atoms with Crippen molar-refractivity contribution in [3.05, 3.63) is 55.5 Å². The first-order valence-corrected chi connectivity index (χ1v) is 17.4. The van der Waals surface area contributed by atoms with E-state index >= 15 is 0 Å². The molecule has 256 valence electrons. The van der Waals surface area contributed by atoms with Crippen LogP contribution >= 0.6 is 0 Å². The van der Waals surface area contributed by atoms with Gasteiger partial charge in [0.25, 0.3) is 5.91 Å². The number of nitrogens with one attached hydrogen (secondary N) is 3. The van der Waals surface area contributed by atoms with Gasteiger partial charge < -0.3 is 29.7 Å². The average molecular weight is 682 g/mol. The predicted molar refractivity (Wildman–Crippen MR) is 173 cm³/mol. The molecule has 1 saturated heterocycles. The summed E-state index contributed by atoms with van der Waals surface area (Å²) in [4.78, 5) is 60.3. The molecule has 2 aliphatic carbocycles. The lowest BCUT2D eigenvalue weighted by Crippen LogP contribution is -2.60. The van der Waals surface area contributed by atoms with Crippen LogP contribution in [-0.2, 0) is 29.1 Å². The maximum atomic E-state index is 14.3. The van der Waals surface area contributed by atoms with E-state index in [0.717, 1.165) is 11.6 Å². The number of pyridine rings is 1. The van der Waals surface area contributed by atoms with Crippen LogP contribution in [0.4, 0.5) is 4.79 Å². The van der Waals surface area contributed by atoms with Gasteiger partial charge in [0.2, 0.25) is 27.7 Å². The number of amides is 4. The zero-order valence-electron chi connectivity index (χ0n) is 26.9. The van der Waals surface area contributed by atoms with Crippen LogP contribution in [0.3, 0.4) is 0 Å². The third kappa shape index (κ3) is 6.68. The number of sulfonamides is 1. The summed E-state index contributed by atoms with van der Waals surface area (Å²) >= 11 is 0. The number of benzene rings is 1. The van der Waals surface area contributed by atoms with E-state index in [0.29, 0.717) is 24.0 Å². The number of rotatable bonds is 6. The van der Waals surface area contributed by atoms with Gasteiger partial charge in [-0.3, -0.25) is 19.1 Å². The first-order chi connectivity index (χ1) is 22.7.